The van der Waals surface area contributed by atoms with Crippen molar-refractivity contribution in [3.05, 3.63) is 0 Å². The van der Waals surface area contributed by atoms with Gasteiger partial charge in [-0.05, 0) is 38.5 Å². The zero-order valence-electron chi connectivity index (χ0n) is 10.1. The molecule has 16 heavy (non-hydrogen) atoms. The minimum absolute atomic E-state index is 0.500. The van der Waals surface area contributed by atoms with E-state index in [0.29, 0.717) is 13.6 Å². The van der Waals surface area contributed by atoms with Crippen LogP contribution >= 0.6 is 0 Å². The van der Waals surface area contributed by atoms with Gasteiger partial charge in [0.1, 0.15) is 13.6 Å². The predicted molar refractivity (Wildman–Crippen MR) is 61.2 cm³/mol. The lowest BCUT2D eigenvalue weighted by Gasteiger charge is -2.08. The molecule has 0 bridgehead atoms. The predicted octanol–water partition coefficient (Wildman–Crippen LogP) is 2.32. The lowest BCUT2D eigenvalue weighted by molar-refractivity contribution is -0.0658. The van der Waals surface area contributed by atoms with Gasteiger partial charge in [-0.2, -0.15) is 0 Å². The van der Waals surface area contributed by atoms with E-state index in [-0.39, 0.29) is 0 Å². The molecule has 0 spiro atoms. The van der Waals surface area contributed by atoms with Crippen molar-refractivity contribution in [2.75, 3.05) is 40.0 Å². The summed E-state index contributed by atoms with van der Waals surface area (Å²) in [5, 5.41) is 0. The van der Waals surface area contributed by atoms with Gasteiger partial charge in [0, 0.05) is 26.4 Å². The average molecular weight is 232 g/mol. The summed E-state index contributed by atoms with van der Waals surface area (Å²) in [7, 11) is 0. The molecule has 0 N–H and O–H groups in total. The fourth-order valence-corrected chi connectivity index (χ4v) is 1.52. The Balaban J connectivity index is 0.000000160. The number of rotatable bonds is 0. The van der Waals surface area contributed by atoms with Crippen LogP contribution in [-0.4, -0.2) is 40.0 Å². The van der Waals surface area contributed by atoms with E-state index in [1.54, 1.807) is 0 Å². The van der Waals surface area contributed by atoms with E-state index in [2.05, 4.69) is 0 Å². The summed E-state index contributed by atoms with van der Waals surface area (Å²) >= 11 is 0. The third-order valence-corrected chi connectivity index (χ3v) is 2.49. The largest absolute Gasteiger partial charge is 0.355 e. The summed E-state index contributed by atoms with van der Waals surface area (Å²) in [5.74, 6) is 0. The van der Waals surface area contributed by atoms with Gasteiger partial charge in [0.15, 0.2) is 0 Å². The molecule has 4 nitrogen and oxygen atoms in total. The Hall–Kier alpha value is -0.160. The van der Waals surface area contributed by atoms with E-state index in [1.165, 1.54) is 38.5 Å². The molecular formula is C12H24O4. The van der Waals surface area contributed by atoms with Crippen molar-refractivity contribution in [3.8, 4) is 0 Å². The van der Waals surface area contributed by atoms with E-state index < -0.39 is 0 Å². The molecule has 0 aromatic heterocycles. The molecule has 0 atom stereocenters. The van der Waals surface area contributed by atoms with Gasteiger partial charge in [-0.3, -0.25) is 0 Å². The second kappa shape index (κ2) is 11.3. The smallest absolute Gasteiger partial charge is 0.146 e. The average Bonchev–Trinajstić information content (AvgIpc) is 2.15. The van der Waals surface area contributed by atoms with Crippen LogP contribution in [-0.2, 0) is 18.9 Å². The number of hydrogen-bond acceptors (Lipinski definition) is 4. The quantitative estimate of drug-likeness (QED) is 0.642. The van der Waals surface area contributed by atoms with Crippen LogP contribution in [0, 0.1) is 0 Å². The maximum Gasteiger partial charge on any atom is 0.146 e. The fraction of sp³-hybridized carbons (Fsp3) is 1.00. The highest BCUT2D eigenvalue weighted by Crippen LogP contribution is 2.00. The molecule has 2 fully saturated rings. The maximum absolute atomic E-state index is 5.05. The maximum atomic E-state index is 5.05. The Morgan fingerprint density at radius 3 is 1.00 bits per heavy atom. The van der Waals surface area contributed by atoms with Gasteiger partial charge < -0.3 is 18.9 Å². The number of hydrogen-bond donors (Lipinski definition) is 0. The van der Waals surface area contributed by atoms with Crippen LogP contribution in [0.4, 0.5) is 0 Å². The standard InChI is InChI=1S/2C6H12O2/c2*1-2-4-7-6-8-5-3-1/h2*1-6H2. The van der Waals surface area contributed by atoms with Crippen molar-refractivity contribution in [1.29, 1.82) is 0 Å². The molecule has 0 unspecified atom stereocenters. The van der Waals surface area contributed by atoms with E-state index in [0.717, 1.165) is 26.4 Å². The molecule has 2 aliphatic rings. The molecule has 0 amide bonds. The Kier molecular flexibility index (Phi) is 9.84. The molecule has 0 radical (unpaired) electrons. The zero-order valence-corrected chi connectivity index (χ0v) is 10.1. The van der Waals surface area contributed by atoms with Crippen molar-refractivity contribution in [3.63, 3.8) is 0 Å². The van der Waals surface area contributed by atoms with E-state index in [4.69, 9.17) is 18.9 Å². The lowest BCUT2D eigenvalue weighted by Crippen LogP contribution is -2.06. The summed E-state index contributed by atoms with van der Waals surface area (Å²) in [5.41, 5.74) is 0. The Morgan fingerprint density at radius 2 is 0.688 bits per heavy atom. The van der Waals surface area contributed by atoms with E-state index in [1.807, 2.05) is 0 Å². The third kappa shape index (κ3) is 9.09. The van der Waals surface area contributed by atoms with Gasteiger partial charge >= 0.3 is 0 Å². The molecular weight excluding hydrogens is 208 g/mol. The molecule has 0 aromatic carbocycles. The SMILES string of the molecule is C1CCOCOCC1.C1CCOCOCC1. The monoisotopic (exact) mass is 232 g/mol. The van der Waals surface area contributed by atoms with Crippen LogP contribution in [0.25, 0.3) is 0 Å². The van der Waals surface area contributed by atoms with E-state index in [9.17, 15) is 0 Å². The molecule has 2 aliphatic heterocycles. The highest BCUT2D eigenvalue weighted by atomic mass is 16.7. The first-order valence-corrected chi connectivity index (χ1v) is 6.31. The Bertz CT molecular complexity index is 77.0. The molecule has 96 valence electrons. The van der Waals surface area contributed by atoms with Crippen LogP contribution in [0.5, 0.6) is 0 Å². The third-order valence-electron chi connectivity index (χ3n) is 2.49. The summed E-state index contributed by atoms with van der Waals surface area (Å²) in [6, 6.07) is 0. The van der Waals surface area contributed by atoms with Crippen LogP contribution in [0.1, 0.15) is 38.5 Å². The van der Waals surface area contributed by atoms with Crippen molar-refractivity contribution in [1.82, 2.24) is 0 Å². The summed E-state index contributed by atoms with van der Waals surface area (Å²) in [6.07, 6.45) is 7.29. The minimum Gasteiger partial charge on any atom is -0.355 e. The van der Waals surface area contributed by atoms with Gasteiger partial charge in [0.05, 0.1) is 0 Å². The van der Waals surface area contributed by atoms with Gasteiger partial charge in [-0.1, -0.05) is 0 Å². The van der Waals surface area contributed by atoms with Crippen LogP contribution in [0.15, 0.2) is 0 Å². The molecule has 2 rings (SSSR count). The first-order chi connectivity index (χ1) is 8.00. The van der Waals surface area contributed by atoms with Gasteiger partial charge in [0.2, 0.25) is 0 Å². The minimum atomic E-state index is 0.500. The molecule has 0 saturated carbocycles. The zero-order chi connectivity index (χ0) is 11.3. The second-order valence-electron chi connectivity index (χ2n) is 3.99. The van der Waals surface area contributed by atoms with Crippen molar-refractivity contribution < 1.29 is 18.9 Å². The highest BCUT2D eigenvalue weighted by Gasteiger charge is 1.95. The fourth-order valence-electron chi connectivity index (χ4n) is 1.52. The van der Waals surface area contributed by atoms with E-state index >= 15 is 0 Å². The van der Waals surface area contributed by atoms with Crippen LogP contribution in [0.2, 0.25) is 0 Å². The second-order valence-corrected chi connectivity index (χ2v) is 3.99. The molecule has 2 saturated heterocycles. The summed E-state index contributed by atoms with van der Waals surface area (Å²) < 4.78 is 20.2. The van der Waals surface area contributed by atoms with Gasteiger partial charge in [-0.15, -0.1) is 0 Å². The lowest BCUT2D eigenvalue weighted by atomic mass is 10.2. The Labute approximate surface area is 98.2 Å². The van der Waals surface area contributed by atoms with Crippen molar-refractivity contribution in [2.45, 2.75) is 38.5 Å². The van der Waals surface area contributed by atoms with Crippen LogP contribution in [0.3, 0.4) is 0 Å². The Morgan fingerprint density at radius 1 is 0.375 bits per heavy atom. The van der Waals surface area contributed by atoms with Gasteiger partial charge in [-0.25, -0.2) is 0 Å². The first kappa shape index (κ1) is 13.9. The number of ether oxygens (including phenoxy) is 4. The van der Waals surface area contributed by atoms with Gasteiger partial charge in [0.25, 0.3) is 0 Å². The van der Waals surface area contributed by atoms with Crippen molar-refractivity contribution in [2.24, 2.45) is 0 Å². The van der Waals surface area contributed by atoms with Crippen LogP contribution < -0.4 is 0 Å². The molecule has 2 heterocycles. The molecule has 0 aromatic rings. The highest BCUT2D eigenvalue weighted by molar-refractivity contribution is 4.42. The molecule has 4 heteroatoms. The normalized spacial score (nSPS) is 24.0. The summed E-state index contributed by atoms with van der Waals surface area (Å²) in [4.78, 5) is 0. The first-order valence-electron chi connectivity index (χ1n) is 6.31. The summed E-state index contributed by atoms with van der Waals surface area (Å²) in [6.45, 7) is 4.50. The van der Waals surface area contributed by atoms with Crippen molar-refractivity contribution >= 4 is 0 Å². The topological polar surface area (TPSA) is 36.9 Å². The molecule has 0 aliphatic carbocycles.